The maximum atomic E-state index is 13.1. The van der Waals surface area contributed by atoms with Gasteiger partial charge in [-0.2, -0.15) is 0 Å². The number of imide groups is 1. The molecular weight excluding hydrogens is 428 g/mol. The fraction of sp³-hybridized carbons (Fsp3) is 0.500. The van der Waals surface area contributed by atoms with E-state index in [1.54, 1.807) is 18.0 Å². The third-order valence-electron chi connectivity index (χ3n) is 7.21. The number of carboxylic acids is 1. The molecule has 0 unspecified atom stereocenters. The Bertz CT molecular complexity index is 1120. The number of carboxylic acid groups (broad SMARTS) is 1. The van der Waals surface area contributed by atoms with Gasteiger partial charge in [-0.3, -0.25) is 24.1 Å². The van der Waals surface area contributed by atoms with Crippen molar-refractivity contribution in [3.63, 3.8) is 0 Å². The molecule has 30 heavy (non-hydrogen) atoms. The number of nitrogens with one attached hydrogen (secondary N) is 1. The summed E-state index contributed by atoms with van der Waals surface area (Å²) in [7, 11) is 0. The molecule has 8 nitrogen and oxygen atoms in total. The number of thioether (sulfide) groups is 1. The van der Waals surface area contributed by atoms with E-state index in [2.05, 4.69) is 4.98 Å². The molecular formula is C20H18N2O6S2. The highest BCUT2D eigenvalue weighted by Crippen LogP contribution is 2.68. The van der Waals surface area contributed by atoms with E-state index in [-0.39, 0.29) is 64.5 Å². The van der Waals surface area contributed by atoms with E-state index in [4.69, 9.17) is 9.52 Å². The van der Waals surface area contributed by atoms with Gasteiger partial charge in [0.1, 0.15) is 5.76 Å². The Balaban J connectivity index is 1.40. The number of hydrogen-bond acceptors (Lipinski definition) is 7. The second kappa shape index (κ2) is 6.34. The van der Waals surface area contributed by atoms with Gasteiger partial charge in [-0.25, -0.2) is 0 Å². The summed E-state index contributed by atoms with van der Waals surface area (Å²) in [5.74, 6) is -1.43. The van der Waals surface area contributed by atoms with E-state index < -0.39 is 11.9 Å². The Hall–Kier alpha value is -2.33. The van der Waals surface area contributed by atoms with Gasteiger partial charge in [0.25, 0.3) is 0 Å². The maximum absolute atomic E-state index is 13.1. The first-order chi connectivity index (χ1) is 14.5. The Morgan fingerprint density at radius 2 is 2.00 bits per heavy atom. The number of rotatable bonds is 4. The van der Waals surface area contributed by atoms with Crippen LogP contribution < -0.4 is 4.87 Å². The molecule has 10 heteroatoms. The van der Waals surface area contributed by atoms with Gasteiger partial charge < -0.3 is 14.5 Å². The van der Waals surface area contributed by atoms with E-state index in [1.165, 1.54) is 16.2 Å². The highest BCUT2D eigenvalue weighted by Gasteiger charge is 2.69. The standard InChI is InChI=1S/C20H18N2O6S2/c23-10(24)3-4-22-18(25)12-7-6-8(13(12)19(22)26)15-11(7)14(9-2-1-5-28-9)16-17(29-15)21-20(27)30-16/h1-2,5,7-8,11-15H,3-4,6H2,(H,21,27)(H,23,24)/t7-,8-,11-,12+,13-,14-,15-/m1/s1. The Kier molecular flexibility index (Phi) is 3.89. The van der Waals surface area contributed by atoms with Crippen molar-refractivity contribution in [2.45, 2.75) is 29.0 Å². The van der Waals surface area contributed by atoms with Crippen molar-refractivity contribution in [3.05, 3.63) is 38.7 Å². The number of carbonyl (C=O) groups is 3. The number of furan rings is 1. The van der Waals surface area contributed by atoms with Crippen molar-refractivity contribution in [1.82, 2.24) is 9.88 Å². The van der Waals surface area contributed by atoms with Crippen LogP contribution in [0.15, 0.2) is 32.6 Å². The molecule has 0 radical (unpaired) electrons. The van der Waals surface area contributed by atoms with Crippen LogP contribution in [-0.2, 0) is 14.4 Å². The number of aromatic amines is 1. The number of fused-ring (bicyclic) bond motifs is 9. The topological polar surface area (TPSA) is 121 Å². The zero-order valence-electron chi connectivity index (χ0n) is 15.6. The van der Waals surface area contributed by atoms with Gasteiger partial charge in [-0.05, 0) is 36.3 Å². The molecule has 2 aromatic heterocycles. The van der Waals surface area contributed by atoms with E-state index >= 15 is 0 Å². The molecule has 2 saturated carbocycles. The molecule has 2 N–H and O–H groups in total. The molecule has 156 valence electrons. The van der Waals surface area contributed by atoms with Crippen LogP contribution in [0.2, 0.25) is 0 Å². The lowest BCUT2D eigenvalue weighted by Gasteiger charge is -2.42. The smallest absolute Gasteiger partial charge is 0.305 e. The molecule has 0 spiro atoms. The van der Waals surface area contributed by atoms with Crippen LogP contribution in [0.5, 0.6) is 0 Å². The molecule has 6 rings (SSSR count). The zero-order chi connectivity index (χ0) is 20.7. The van der Waals surface area contributed by atoms with Crippen molar-refractivity contribution in [2.24, 2.45) is 29.6 Å². The summed E-state index contributed by atoms with van der Waals surface area (Å²) in [5.41, 5.74) is 0. The van der Waals surface area contributed by atoms with Crippen molar-refractivity contribution in [2.75, 3.05) is 6.54 Å². The molecule has 2 aliphatic heterocycles. The normalized spacial score (nSPS) is 36.1. The minimum absolute atomic E-state index is 0.0178. The quantitative estimate of drug-likeness (QED) is 0.689. The first-order valence-electron chi connectivity index (χ1n) is 9.95. The molecule has 7 atom stereocenters. The minimum atomic E-state index is -1.02. The Morgan fingerprint density at radius 3 is 2.70 bits per heavy atom. The maximum Gasteiger partial charge on any atom is 0.305 e. The highest BCUT2D eigenvalue weighted by molar-refractivity contribution is 8.00. The van der Waals surface area contributed by atoms with Gasteiger partial charge in [0.15, 0.2) is 0 Å². The summed E-state index contributed by atoms with van der Waals surface area (Å²) in [6.45, 7) is -0.0653. The summed E-state index contributed by atoms with van der Waals surface area (Å²) >= 11 is 2.81. The number of nitrogens with zero attached hydrogens (tertiary/aromatic N) is 1. The molecule has 2 amide bonds. The van der Waals surface area contributed by atoms with Crippen molar-refractivity contribution >= 4 is 40.9 Å². The van der Waals surface area contributed by atoms with Gasteiger partial charge >= 0.3 is 10.8 Å². The number of thiazole rings is 1. The number of aromatic nitrogens is 1. The molecule has 2 bridgehead atoms. The molecule has 0 aromatic carbocycles. The number of likely N-dealkylation sites (tertiary alicyclic amines) is 1. The van der Waals surface area contributed by atoms with Crippen molar-refractivity contribution < 1.29 is 23.9 Å². The Labute approximate surface area is 178 Å². The Morgan fingerprint density at radius 1 is 1.23 bits per heavy atom. The predicted octanol–water partition coefficient (Wildman–Crippen LogP) is 1.98. The van der Waals surface area contributed by atoms with E-state index in [1.807, 2.05) is 12.1 Å². The summed E-state index contributed by atoms with van der Waals surface area (Å²) < 4.78 is 5.75. The lowest BCUT2D eigenvalue weighted by molar-refractivity contribution is -0.142. The van der Waals surface area contributed by atoms with E-state index in [0.29, 0.717) is 0 Å². The number of amides is 2. The van der Waals surface area contributed by atoms with Gasteiger partial charge in [0, 0.05) is 11.8 Å². The van der Waals surface area contributed by atoms with Crippen LogP contribution in [0.4, 0.5) is 0 Å². The molecule has 3 fully saturated rings. The van der Waals surface area contributed by atoms with Gasteiger partial charge in [0.2, 0.25) is 11.8 Å². The molecule has 4 aliphatic rings. The average Bonchev–Trinajstić information content (AvgIpc) is 3.48. The van der Waals surface area contributed by atoms with Crippen LogP contribution in [0.25, 0.3) is 0 Å². The van der Waals surface area contributed by atoms with E-state index in [9.17, 15) is 19.2 Å². The van der Waals surface area contributed by atoms with E-state index in [0.717, 1.165) is 22.1 Å². The number of H-pyrrole nitrogens is 1. The molecule has 2 aromatic rings. The third-order valence-corrected chi connectivity index (χ3v) is 9.80. The molecule has 1 saturated heterocycles. The van der Waals surface area contributed by atoms with Gasteiger partial charge in [-0.15, -0.1) is 11.8 Å². The molecule has 4 heterocycles. The first kappa shape index (κ1) is 18.4. The molecule has 2 aliphatic carbocycles. The van der Waals surface area contributed by atoms with Crippen LogP contribution >= 0.6 is 23.1 Å². The largest absolute Gasteiger partial charge is 0.481 e. The third kappa shape index (κ3) is 2.34. The lowest BCUT2D eigenvalue weighted by atomic mass is 9.69. The van der Waals surface area contributed by atoms with Gasteiger partial charge in [-0.1, -0.05) is 11.3 Å². The fourth-order valence-corrected chi connectivity index (χ4v) is 9.16. The second-order valence-corrected chi connectivity index (χ2v) is 10.7. The zero-order valence-corrected chi connectivity index (χ0v) is 17.3. The van der Waals surface area contributed by atoms with Crippen LogP contribution in [0.1, 0.15) is 29.4 Å². The minimum Gasteiger partial charge on any atom is -0.481 e. The predicted molar refractivity (Wildman–Crippen MR) is 106 cm³/mol. The fourth-order valence-electron chi connectivity index (χ4n) is 6.29. The first-order valence-corrected chi connectivity index (χ1v) is 11.7. The van der Waals surface area contributed by atoms with Crippen LogP contribution in [0.3, 0.4) is 0 Å². The highest BCUT2D eigenvalue weighted by atomic mass is 32.2. The van der Waals surface area contributed by atoms with Crippen molar-refractivity contribution in [1.29, 1.82) is 0 Å². The summed E-state index contributed by atoms with van der Waals surface area (Å²) in [4.78, 5) is 54.2. The monoisotopic (exact) mass is 446 g/mol. The van der Waals surface area contributed by atoms with Gasteiger partial charge in [0.05, 0.1) is 40.3 Å². The summed E-state index contributed by atoms with van der Waals surface area (Å²) in [6, 6.07) is 3.74. The number of hydrogen-bond donors (Lipinski definition) is 2. The summed E-state index contributed by atoms with van der Waals surface area (Å²) in [6.07, 6.45) is 2.19. The second-order valence-electron chi connectivity index (χ2n) is 8.45. The lowest BCUT2D eigenvalue weighted by Crippen LogP contribution is -2.42. The average molecular weight is 447 g/mol. The number of carbonyl (C=O) groups excluding carboxylic acids is 2. The van der Waals surface area contributed by atoms with Crippen LogP contribution in [-0.4, -0.2) is 44.6 Å². The van der Waals surface area contributed by atoms with Crippen molar-refractivity contribution in [3.8, 4) is 0 Å². The number of aliphatic carboxylic acids is 1. The summed E-state index contributed by atoms with van der Waals surface area (Å²) in [5, 5.41) is 9.94. The van der Waals surface area contributed by atoms with Crippen LogP contribution in [0, 0.1) is 29.6 Å². The SMILES string of the molecule is O=C(O)CCN1C(=O)[C@@H]2[C@H]3C[C@@H]([C@@H]2C1=O)[C@@H]1[C@@H](c2ccco2)c2sc(=O)[nH]c2S[C@H]31.